The SMILES string of the molecule is Cc1c(F)c(F)c(Oc2ccccc2C=O)c([N+](=O)[O-])c1F. The number of para-hydroxylation sites is 1. The fourth-order valence-corrected chi connectivity index (χ4v) is 1.78. The molecule has 0 aliphatic heterocycles. The molecule has 0 aliphatic carbocycles. The van der Waals surface area contributed by atoms with Crippen molar-refractivity contribution in [2.24, 2.45) is 0 Å². The largest absolute Gasteiger partial charge is 0.446 e. The lowest BCUT2D eigenvalue weighted by Gasteiger charge is -2.11. The molecule has 0 saturated carbocycles. The van der Waals surface area contributed by atoms with Gasteiger partial charge in [-0.15, -0.1) is 0 Å². The fraction of sp³-hybridized carbons (Fsp3) is 0.0714. The number of nitro benzene ring substituents is 1. The fourth-order valence-electron chi connectivity index (χ4n) is 1.78. The minimum Gasteiger partial charge on any atom is -0.446 e. The number of halogens is 3. The number of aldehydes is 1. The Kier molecular flexibility index (Phi) is 4.11. The van der Waals surface area contributed by atoms with Gasteiger partial charge in [0.05, 0.1) is 10.5 Å². The summed E-state index contributed by atoms with van der Waals surface area (Å²) >= 11 is 0. The number of rotatable bonds is 4. The molecule has 2 aromatic carbocycles. The summed E-state index contributed by atoms with van der Waals surface area (Å²) in [6.07, 6.45) is 0.361. The van der Waals surface area contributed by atoms with Gasteiger partial charge in [0.2, 0.25) is 17.4 Å². The van der Waals surface area contributed by atoms with Gasteiger partial charge in [0, 0.05) is 5.56 Å². The van der Waals surface area contributed by atoms with Gasteiger partial charge in [-0.2, -0.15) is 8.78 Å². The van der Waals surface area contributed by atoms with Crippen LogP contribution in [0.1, 0.15) is 15.9 Å². The molecule has 0 spiro atoms. The summed E-state index contributed by atoms with van der Waals surface area (Å²) in [4.78, 5) is 20.6. The molecule has 0 unspecified atom stereocenters. The van der Waals surface area contributed by atoms with E-state index in [2.05, 4.69) is 0 Å². The molecule has 0 radical (unpaired) electrons. The molecule has 2 rings (SSSR count). The standard InChI is InChI=1S/C14H8F3NO4/c1-7-10(15)12(17)14(13(11(7)16)18(20)21)22-9-5-3-2-4-8(9)6-19/h2-6H,1H3. The average Bonchev–Trinajstić information content (AvgIpc) is 2.50. The van der Waals surface area contributed by atoms with Crippen molar-refractivity contribution in [1.82, 2.24) is 0 Å². The molecule has 0 atom stereocenters. The van der Waals surface area contributed by atoms with Gasteiger partial charge in [-0.1, -0.05) is 12.1 Å². The smallest absolute Gasteiger partial charge is 0.350 e. The first-order valence-electron chi connectivity index (χ1n) is 5.92. The Labute approximate surface area is 122 Å². The number of nitro groups is 1. The zero-order valence-electron chi connectivity index (χ0n) is 11.1. The van der Waals surface area contributed by atoms with Gasteiger partial charge in [-0.05, 0) is 19.1 Å². The van der Waals surface area contributed by atoms with Crippen LogP contribution in [0.5, 0.6) is 11.5 Å². The first-order chi connectivity index (χ1) is 10.4. The van der Waals surface area contributed by atoms with Crippen LogP contribution in [0.15, 0.2) is 24.3 Å². The summed E-state index contributed by atoms with van der Waals surface area (Å²) in [6, 6.07) is 5.39. The first kappa shape index (κ1) is 15.5. The second-order valence-corrected chi connectivity index (χ2v) is 4.26. The highest BCUT2D eigenvalue weighted by molar-refractivity contribution is 5.79. The van der Waals surface area contributed by atoms with Crippen LogP contribution in [-0.4, -0.2) is 11.2 Å². The first-order valence-corrected chi connectivity index (χ1v) is 5.92. The van der Waals surface area contributed by atoms with Crippen LogP contribution >= 0.6 is 0 Å². The maximum absolute atomic E-state index is 13.9. The number of carbonyl (C=O) groups is 1. The molecule has 0 amide bonds. The van der Waals surface area contributed by atoms with E-state index in [1.165, 1.54) is 24.3 Å². The quantitative estimate of drug-likeness (QED) is 0.371. The summed E-state index contributed by atoms with van der Waals surface area (Å²) in [5.41, 5.74) is -2.23. The third-order valence-electron chi connectivity index (χ3n) is 2.91. The van der Waals surface area contributed by atoms with Crippen molar-refractivity contribution in [3.63, 3.8) is 0 Å². The number of hydrogen-bond acceptors (Lipinski definition) is 4. The molecule has 0 saturated heterocycles. The van der Waals surface area contributed by atoms with Gasteiger partial charge in [0.1, 0.15) is 5.75 Å². The Bertz CT molecular complexity index is 777. The Morgan fingerprint density at radius 1 is 1.14 bits per heavy atom. The number of ether oxygens (including phenoxy) is 1. The van der Waals surface area contributed by atoms with Crippen molar-refractivity contribution >= 4 is 12.0 Å². The third kappa shape index (κ3) is 2.50. The second-order valence-electron chi connectivity index (χ2n) is 4.26. The molecule has 0 aliphatic rings. The molecule has 0 N–H and O–H groups in total. The molecular formula is C14H8F3NO4. The molecule has 0 bridgehead atoms. The van der Waals surface area contributed by atoms with Gasteiger partial charge >= 0.3 is 5.69 Å². The van der Waals surface area contributed by atoms with Gasteiger partial charge in [0.15, 0.2) is 12.1 Å². The van der Waals surface area contributed by atoms with Crippen molar-refractivity contribution < 1.29 is 27.6 Å². The predicted octanol–water partition coefficient (Wildman–Crippen LogP) is 3.93. The zero-order valence-corrected chi connectivity index (χ0v) is 11.1. The van der Waals surface area contributed by atoms with Gasteiger partial charge in [-0.25, -0.2) is 4.39 Å². The van der Waals surface area contributed by atoms with Crippen LogP contribution in [-0.2, 0) is 0 Å². The van der Waals surface area contributed by atoms with Crippen molar-refractivity contribution in [3.8, 4) is 11.5 Å². The van der Waals surface area contributed by atoms with Gasteiger partial charge < -0.3 is 4.74 Å². The molecular weight excluding hydrogens is 303 g/mol. The Hall–Kier alpha value is -2.90. The molecule has 22 heavy (non-hydrogen) atoms. The predicted molar refractivity (Wildman–Crippen MR) is 69.6 cm³/mol. The van der Waals surface area contributed by atoms with E-state index in [1.54, 1.807) is 0 Å². The highest BCUT2D eigenvalue weighted by Crippen LogP contribution is 2.40. The Morgan fingerprint density at radius 3 is 2.36 bits per heavy atom. The molecule has 5 nitrogen and oxygen atoms in total. The number of nitrogens with zero attached hydrogens (tertiary/aromatic N) is 1. The maximum atomic E-state index is 13.9. The van der Waals surface area contributed by atoms with E-state index in [1.807, 2.05) is 0 Å². The monoisotopic (exact) mass is 311 g/mol. The molecule has 0 heterocycles. The lowest BCUT2D eigenvalue weighted by Crippen LogP contribution is -2.05. The number of carbonyl (C=O) groups excluding carboxylic acids is 1. The van der Waals surface area contributed by atoms with Crippen molar-refractivity contribution in [2.45, 2.75) is 6.92 Å². The van der Waals surface area contributed by atoms with Crippen molar-refractivity contribution in [1.29, 1.82) is 0 Å². The van der Waals surface area contributed by atoms with E-state index in [0.717, 1.165) is 6.92 Å². The molecule has 0 aromatic heterocycles. The topological polar surface area (TPSA) is 69.4 Å². The van der Waals surface area contributed by atoms with E-state index in [0.29, 0.717) is 6.29 Å². The van der Waals surface area contributed by atoms with E-state index in [9.17, 15) is 28.1 Å². The van der Waals surface area contributed by atoms with Crippen LogP contribution in [0.4, 0.5) is 18.9 Å². The van der Waals surface area contributed by atoms with Crippen LogP contribution in [0.3, 0.4) is 0 Å². The van der Waals surface area contributed by atoms with E-state index < -0.39 is 39.4 Å². The lowest BCUT2D eigenvalue weighted by molar-refractivity contribution is -0.388. The second kappa shape index (κ2) is 5.84. The normalized spacial score (nSPS) is 10.4. The highest BCUT2D eigenvalue weighted by Gasteiger charge is 2.33. The summed E-state index contributed by atoms with van der Waals surface area (Å²) in [7, 11) is 0. The van der Waals surface area contributed by atoms with Crippen LogP contribution in [0, 0.1) is 34.5 Å². The molecule has 8 heteroatoms. The van der Waals surface area contributed by atoms with Crippen LogP contribution in [0.25, 0.3) is 0 Å². The number of benzene rings is 2. The third-order valence-corrected chi connectivity index (χ3v) is 2.91. The Balaban J connectivity index is 2.69. The lowest BCUT2D eigenvalue weighted by atomic mass is 10.1. The highest BCUT2D eigenvalue weighted by atomic mass is 19.2. The van der Waals surface area contributed by atoms with E-state index in [-0.39, 0.29) is 11.3 Å². The van der Waals surface area contributed by atoms with E-state index >= 15 is 0 Å². The van der Waals surface area contributed by atoms with Gasteiger partial charge in [0.25, 0.3) is 0 Å². The molecule has 2 aromatic rings. The molecule has 0 fully saturated rings. The average molecular weight is 311 g/mol. The Morgan fingerprint density at radius 2 is 1.77 bits per heavy atom. The summed E-state index contributed by atoms with van der Waals surface area (Å²) in [5.74, 6) is -6.32. The summed E-state index contributed by atoms with van der Waals surface area (Å²) < 4.78 is 46.3. The summed E-state index contributed by atoms with van der Waals surface area (Å²) in [6.45, 7) is 0.865. The van der Waals surface area contributed by atoms with Gasteiger partial charge in [-0.3, -0.25) is 14.9 Å². The van der Waals surface area contributed by atoms with Crippen molar-refractivity contribution in [2.75, 3.05) is 0 Å². The molecule has 114 valence electrons. The van der Waals surface area contributed by atoms with Crippen LogP contribution in [0.2, 0.25) is 0 Å². The number of hydrogen-bond donors (Lipinski definition) is 0. The van der Waals surface area contributed by atoms with Crippen molar-refractivity contribution in [3.05, 3.63) is 63.0 Å². The summed E-state index contributed by atoms with van der Waals surface area (Å²) in [5, 5.41) is 10.9. The minimum atomic E-state index is -1.70. The minimum absolute atomic E-state index is 0.0578. The maximum Gasteiger partial charge on any atom is 0.350 e. The van der Waals surface area contributed by atoms with Crippen LogP contribution < -0.4 is 4.74 Å². The van der Waals surface area contributed by atoms with E-state index in [4.69, 9.17) is 4.74 Å². The zero-order chi connectivity index (χ0) is 16.4.